The topological polar surface area (TPSA) is 68.8 Å². The molecule has 90 valence electrons. The van der Waals surface area contributed by atoms with Crippen LogP contribution in [0.1, 0.15) is 17.1 Å². The van der Waals surface area contributed by atoms with Crippen molar-refractivity contribution in [3.63, 3.8) is 0 Å². The molecule has 0 saturated carbocycles. The Bertz CT molecular complexity index is 542. The number of nitrogens with two attached hydrogens (primary N) is 1. The minimum Gasteiger partial charge on any atom is -0.307 e. The molecular weight excluding hydrogens is 282 g/mol. The van der Waals surface area contributed by atoms with Gasteiger partial charge < -0.3 is 5.43 Å². The van der Waals surface area contributed by atoms with Crippen LogP contribution in [-0.2, 0) is 0 Å². The first kappa shape index (κ1) is 12.1. The van der Waals surface area contributed by atoms with Crippen LogP contribution >= 0.6 is 15.9 Å². The van der Waals surface area contributed by atoms with Crippen molar-refractivity contribution in [2.24, 2.45) is 5.84 Å². The van der Waals surface area contributed by atoms with Gasteiger partial charge in [0.1, 0.15) is 0 Å². The second kappa shape index (κ2) is 4.46. The lowest BCUT2D eigenvalue weighted by molar-refractivity contribution is 0.859. The van der Waals surface area contributed by atoms with E-state index in [4.69, 9.17) is 5.84 Å². The van der Waals surface area contributed by atoms with Crippen molar-refractivity contribution in [2.45, 2.75) is 20.8 Å². The van der Waals surface area contributed by atoms with E-state index in [1.807, 2.05) is 37.5 Å². The second-order valence-electron chi connectivity index (χ2n) is 3.87. The molecule has 3 N–H and O–H groups in total. The molecule has 6 heteroatoms. The largest absolute Gasteiger partial charge is 0.307 e. The number of aromatic nitrogens is 3. The van der Waals surface area contributed by atoms with E-state index in [0.29, 0.717) is 11.8 Å². The minimum atomic E-state index is 0.583. The third-order valence-electron chi connectivity index (χ3n) is 2.61. The highest BCUT2D eigenvalue weighted by molar-refractivity contribution is 9.10. The monoisotopic (exact) mass is 295 g/mol. The van der Waals surface area contributed by atoms with Crippen LogP contribution in [0.5, 0.6) is 0 Å². The van der Waals surface area contributed by atoms with Crippen LogP contribution in [0.25, 0.3) is 5.95 Å². The van der Waals surface area contributed by atoms with Crippen molar-refractivity contribution >= 4 is 21.7 Å². The van der Waals surface area contributed by atoms with Crippen molar-refractivity contribution in [1.82, 2.24) is 14.5 Å². The average Bonchev–Trinajstić information content (AvgIpc) is 2.62. The summed E-state index contributed by atoms with van der Waals surface area (Å²) in [4.78, 5) is 8.84. The minimum absolute atomic E-state index is 0.583. The average molecular weight is 296 g/mol. The first-order valence-corrected chi connectivity index (χ1v) is 6.00. The number of nitrogen functional groups attached to an aromatic ring is 1. The van der Waals surface area contributed by atoms with Gasteiger partial charge in [-0.05, 0) is 48.8 Å². The third kappa shape index (κ3) is 2.05. The molecule has 0 spiro atoms. The second-order valence-corrected chi connectivity index (χ2v) is 4.66. The molecule has 2 rings (SSSR count). The van der Waals surface area contributed by atoms with Crippen LogP contribution in [0.3, 0.4) is 0 Å². The van der Waals surface area contributed by atoms with Gasteiger partial charge >= 0.3 is 0 Å². The molecule has 5 nitrogen and oxygen atoms in total. The Morgan fingerprint density at radius 1 is 1.18 bits per heavy atom. The molecule has 2 aromatic heterocycles. The molecule has 0 aliphatic heterocycles. The fraction of sp³-hybridized carbons (Fsp3) is 0.273. The number of hydrogen-bond donors (Lipinski definition) is 2. The molecule has 0 aliphatic carbocycles. The molecule has 2 heterocycles. The van der Waals surface area contributed by atoms with E-state index in [1.165, 1.54) is 0 Å². The molecule has 0 fully saturated rings. The highest BCUT2D eigenvalue weighted by atomic mass is 79.9. The molecule has 0 bridgehead atoms. The summed E-state index contributed by atoms with van der Waals surface area (Å²) in [5, 5.41) is 0. The third-order valence-corrected chi connectivity index (χ3v) is 3.56. The number of halogens is 1. The van der Waals surface area contributed by atoms with Crippen molar-refractivity contribution < 1.29 is 0 Å². The number of hydrazine groups is 1. The van der Waals surface area contributed by atoms with Gasteiger partial charge in [0.15, 0.2) is 5.82 Å². The SMILES string of the molecule is Cc1nc(-n2c(C)ccc2C)nc(NN)c1Br. The lowest BCUT2D eigenvalue weighted by Crippen LogP contribution is -2.14. The van der Waals surface area contributed by atoms with Crippen LogP contribution in [0.2, 0.25) is 0 Å². The van der Waals surface area contributed by atoms with Crippen LogP contribution < -0.4 is 11.3 Å². The highest BCUT2D eigenvalue weighted by Crippen LogP contribution is 2.24. The molecule has 0 aromatic carbocycles. The Morgan fingerprint density at radius 2 is 1.76 bits per heavy atom. The van der Waals surface area contributed by atoms with E-state index in [0.717, 1.165) is 21.6 Å². The Kier molecular flexibility index (Phi) is 3.17. The summed E-state index contributed by atoms with van der Waals surface area (Å²) in [6, 6.07) is 4.07. The number of nitrogens with one attached hydrogen (secondary N) is 1. The zero-order valence-corrected chi connectivity index (χ0v) is 11.5. The molecule has 0 unspecified atom stereocenters. The van der Waals surface area contributed by atoms with Crippen molar-refractivity contribution in [3.05, 3.63) is 33.7 Å². The first-order valence-electron chi connectivity index (χ1n) is 5.20. The number of nitrogens with zero attached hydrogens (tertiary/aromatic N) is 3. The summed E-state index contributed by atoms with van der Waals surface area (Å²) in [5.74, 6) is 6.65. The zero-order valence-electron chi connectivity index (χ0n) is 9.95. The van der Waals surface area contributed by atoms with Crippen LogP contribution in [0, 0.1) is 20.8 Å². The van der Waals surface area contributed by atoms with Crippen LogP contribution in [0.15, 0.2) is 16.6 Å². The van der Waals surface area contributed by atoms with Gasteiger partial charge in [-0.1, -0.05) is 0 Å². The number of rotatable bonds is 2. The van der Waals surface area contributed by atoms with E-state index >= 15 is 0 Å². The summed E-state index contributed by atoms with van der Waals surface area (Å²) in [6.07, 6.45) is 0. The van der Waals surface area contributed by atoms with Crippen molar-refractivity contribution in [2.75, 3.05) is 5.43 Å². The maximum absolute atomic E-state index is 5.44. The van der Waals surface area contributed by atoms with Gasteiger partial charge in [-0.25, -0.2) is 10.8 Å². The fourth-order valence-corrected chi connectivity index (χ4v) is 2.02. The Hall–Kier alpha value is -1.40. The predicted octanol–water partition coefficient (Wildman–Crippen LogP) is 2.24. The van der Waals surface area contributed by atoms with Gasteiger partial charge in [0, 0.05) is 11.4 Å². The van der Waals surface area contributed by atoms with E-state index in [1.54, 1.807) is 0 Å². The van der Waals surface area contributed by atoms with E-state index < -0.39 is 0 Å². The summed E-state index contributed by atoms with van der Waals surface area (Å²) < 4.78 is 2.77. The summed E-state index contributed by atoms with van der Waals surface area (Å²) in [7, 11) is 0. The fourth-order valence-electron chi connectivity index (χ4n) is 1.72. The molecule has 17 heavy (non-hydrogen) atoms. The van der Waals surface area contributed by atoms with Gasteiger partial charge in [0.05, 0.1) is 10.2 Å². The molecular formula is C11H14BrN5. The maximum atomic E-state index is 5.44. The van der Waals surface area contributed by atoms with Crippen molar-refractivity contribution in [1.29, 1.82) is 0 Å². The van der Waals surface area contributed by atoms with Gasteiger partial charge in [0.25, 0.3) is 0 Å². The van der Waals surface area contributed by atoms with E-state index in [9.17, 15) is 0 Å². The van der Waals surface area contributed by atoms with Gasteiger partial charge in [0.2, 0.25) is 5.95 Å². The van der Waals surface area contributed by atoms with Gasteiger partial charge in [-0.2, -0.15) is 4.98 Å². The predicted molar refractivity (Wildman–Crippen MR) is 71.1 cm³/mol. The van der Waals surface area contributed by atoms with Crippen molar-refractivity contribution in [3.8, 4) is 5.95 Å². The number of hydrogen-bond acceptors (Lipinski definition) is 4. The van der Waals surface area contributed by atoms with Crippen LogP contribution in [0.4, 0.5) is 5.82 Å². The summed E-state index contributed by atoms with van der Waals surface area (Å²) >= 11 is 3.40. The molecule has 2 aromatic rings. The number of anilines is 1. The standard InChI is InChI=1S/C11H14BrN5/c1-6-4-5-7(2)17(6)11-14-8(3)9(12)10(15-11)16-13/h4-5H,13H2,1-3H3,(H,14,15,16). The Labute approximate surface area is 108 Å². The molecule has 0 radical (unpaired) electrons. The summed E-state index contributed by atoms with van der Waals surface area (Å²) in [6.45, 7) is 5.94. The first-order chi connectivity index (χ1) is 8.04. The highest BCUT2D eigenvalue weighted by Gasteiger charge is 2.12. The lowest BCUT2D eigenvalue weighted by atomic mass is 10.4. The lowest BCUT2D eigenvalue weighted by Gasteiger charge is -2.11. The van der Waals surface area contributed by atoms with E-state index in [-0.39, 0.29) is 0 Å². The Balaban J connectivity index is 2.65. The number of aryl methyl sites for hydroxylation is 3. The molecule has 0 saturated heterocycles. The maximum Gasteiger partial charge on any atom is 0.236 e. The smallest absolute Gasteiger partial charge is 0.236 e. The zero-order chi connectivity index (χ0) is 12.6. The summed E-state index contributed by atoms with van der Waals surface area (Å²) in [5.41, 5.74) is 5.59. The quantitative estimate of drug-likeness (QED) is 0.659. The van der Waals surface area contributed by atoms with Gasteiger partial charge in [-0.3, -0.25) is 4.57 Å². The van der Waals surface area contributed by atoms with Gasteiger partial charge in [-0.15, -0.1) is 0 Å². The molecule has 0 amide bonds. The van der Waals surface area contributed by atoms with E-state index in [2.05, 4.69) is 31.3 Å². The molecule has 0 aliphatic rings. The van der Waals surface area contributed by atoms with Crippen LogP contribution in [-0.4, -0.2) is 14.5 Å². The molecule has 0 atom stereocenters. The Morgan fingerprint density at radius 3 is 2.29 bits per heavy atom. The normalized spacial score (nSPS) is 10.6.